The van der Waals surface area contributed by atoms with Gasteiger partial charge >= 0.3 is 11.9 Å². The van der Waals surface area contributed by atoms with Gasteiger partial charge in [-0.25, -0.2) is 14.0 Å². The highest BCUT2D eigenvalue weighted by Crippen LogP contribution is 2.20. The minimum atomic E-state index is -1.82. The van der Waals surface area contributed by atoms with Crippen LogP contribution >= 0.6 is 0 Å². The Morgan fingerprint density at radius 3 is 2.50 bits per heavy atom. The summed E-state index contributed by atoms with van der Waals surface area (Å²) in [6.07, 6.45) is 4.63. The van der Waals surface area contributed by atoms with Crippen molar-refractivity contribution in [2.24, 2.45) is 0 Å². The molecular weight excluding hydrogens is 319 g/mol. The highest BCUT2D eigenvalue weighted by molar-refractivity contribution is 6.27. The molecule has 0 radical (unpaired) electrons. The highest BCUT2D eigenvalue weighted by Gasteiger charge is 2.12. The van der Waals surface area contributed by atoms with Crippen LogP contribution in [0.25, 0.3) is 11.0 Å². The Bertz CT molecular complexity index is 698. The molecule has 1 aromatic carbocycles. The number of carbonyl (C=O) groups is 2. The van der Waals surface area contributed by atoms with Crippen LogP contribution in [0.1, 0.15) is 25.0 Å². The number of aromatic nitrogens is 1. The van der Waals surface area contributed by atoms with Gasteiger partial charge in [-0.2, -0.15) is 0 Å². The van der Waals surface area contributed by atoms with Crippen LogP contribution in [-0.2, 0) is 16.0 Å². The molecule has 0 aliphatic carbocycles. The van der Waals surface area contributed by atoms with Gasteiger partial charge in [0.15, 0.2) is 5.58 Å². The maximum absolute atomic E-state index is 13.0. The molecule has 8 heteroatoms. The summed E-state index contributed by atoms with van der Waals surface area (Å²) in [6, 6.07) is 4.61. The summed E-state index contributed by atoms with van der Waals surface area (Å²) in [5.74, 6) is -3.92. The Morgan fingerprint density at radius 2 is 1.88 bits per heavy atom. The Hall–Kier alpha value is -2.48. The fourth-order valence-corrected chi connectivity index (χ4v) is 2.62. The van der Waals surface area contributed by atoms with Crippen molar-refractivity contribution in [3.63, 3.8) is 0 Å². The number of carboxylic acid groups (broad SMARTS) is 2. The molecule has 1 aliphatic rings. The molecule has 130 valence electrons. The smallest absolute Gasteiger partial charge is 0.414 e. The molecule has 24 heavy (non-hydrogen) atoms. The first-order valence-corrected chi connectivity index (χ1v) is 7.70. The van der Waals surface area contributed by atoms with E-state index in [4.69, 9.17) is 24.3 Å². The van der Waals surface area contributed by atoms with Crippen LogP contribution in [0.2, 0.25) is 0 Å². The molecule has 0 amide bonds. The average molecular weight is 338 g/mol. The minimum Gasteiger partial charge on any atom is -0.473 e. The van der Waals surface area contributed by atoms with E-state index in [0.29, 0.717) is 5.58 Å². The third kappa shape index (κ3) is 5.02. The topological polar surface area (TPSA) is 104 Å². The summed E-state index contributed by atoms with van der Waals surface area (Å²) in [4.78, 5) is 20.7. The summed E-state index contributed by atoms with van der Waals surface area (Å²) in [6.45, 7) is 3.57. The quantitative estimate of drug-likeness (QED) is 0.823. The number of likely N-dealkylation sites (tertiary alicyclic amines) is 1. The monoisotopic (exact) mass is 338 g/mol. The molecule has 0 unspecified atom stereocenters. The van der Waals surface area contributed by atoms with Gasteiger partial charge in [-0.3, -0.25) is 0 Å². The standard InChI is InChI=1S/C14H17FN2O.C2H2O4/c15-11-5-6-12-13(16-18-14(12)10-11)4-3-9-17-7-1-2-8-17;3-1(4)2(5)6/h5-6,10H,1-4,7-9H2;(H,3,4)(H,5,6). The van der Waals surface area contributed by atoms with Gasteiger partial charge in [0.05, 0.1) is 5.69 Å². The first-order valence-electron chi connectivity index (χ1n) is 7.70. The Kier molecular flexibility index (Phi) is 6.25. The van der Waals surface area contributed by atoms with Gasteiger partial charge in [-0.1, -0.05) is 5.16 Å². The SMILES string of the molecule is Fc1ccc2c(CCCN3CCCC3)noc2c1.O=C(O)C(=O)O. The van der Waals surface area contributed by atoms with Crippen LogP contribution in [0.15, 0.2) is 22.7 Å². The molecule has 0 atom stereocenters. The van der Waals surface area contributed by atoms with E-state index in [1.807, 2.05) is 0 Å². The summed E-state index contributed by atoms with van der Waals surface area (Å²) < 4.78 is 18.2. The van der Waals surface area contributed by atoms with Crippen molar-refractivity contribution in [1.29, 1.82) is 0 Å². The molecule has 0 spiro atoms. The van der Waals surface area contributed by atoms with E-state index in [-0.39, 0.29) is 5.82 Å². The molecule has 3 rings (SSSR count). The van der Waals surface area contributed by atoms with Crippen LogP contribution in [0.3, 0.4) is 0 Å². The van der Waals surface area contributed by atoms with Gasteiger partial charge in [0, 0.05) is 11.5 Å². The minimum absolute atomic E-state index is 0.276. The molecule has 2 heterocycles. The molecular formula is C16H19FN2O5. The van der Waals surface area contributed by atoms with Crippen LogP contribution in [-0.4, -0.2) is 51.8 Å². The molecule has 1 aromatic heterocycles. The Balaban J connectivity index is 0.000000301. The molecule has 2 N–H and O–H groups in total. The number of nitrogens with zero attached hydrogens (tertiary/aromatic N) is 2. The third-order valence-electron chi connectivity index (χ3n) is 3.78. The summed E-state index contributed by atoms with van der Waals surface area (Å²) in [5, 5.41) is 19.8. The second-order valence-electron chi connectivity index (χ2n) is 5.53. The second-order valence-corrected chi connectivity index (χ2v) is 5.53. The number of hydrogen-bond acceptors (Lipinski definition) is 5. The summed E-state index contributed by atoms with van der Waals surface area (Å²) in [5.41, 5.74) is 1.50. The largest absolute Gasteiger partial charge is 0.473 e. The van der Waals surface area contributed by atoms with E-state index < -0.39 is 11.9 Å². The number of hydrogen-bond donors (Lipinski definition) is 2. The van der Waals surface area contributed by atoms with Gasteiger partial charge in [0.25, 0.3) is 0 Å². The maximum atomic E-state index is 13.0. The van der Waals surface area contributed by atoms with Crippen LogP contribution in [0.4, 0.5) is 4.39 Å². The zero-order valence-corrected chi connectivity index (χ0v) is 13.1. The summed E-state index contributed by atoms with van der Waals surface area (Å²) in [7, 11) is 0. The first-order chi connectivity index (χ1) is 11.5. The fourth-order valence-electron chi connectivity index (χ4n) is 2.62. The molecule has 1 saturated heterocycles. The van der Waals surface area contributed by atoms with Gasteiger partial charge in [0.1, 0.15) is 5.82 Å². The van der Waals surface area contributed by atoms with E-state index in [2.05, 4.69) is 10.1 Å². The van der Waals surface area contributed by atoms with Crippen molar-refractivity contribution < 1.29 is 28.7 Å². The van der Waals surface area contributed by atoms with Crippen LogP contribution < -0.4 is 0 Å². The van der Waals surface area contributed by atoms with Gasteiger partial charge in [-0.15, -0.1) is 0 Å². The highest BCUT2D eigenvalue weighted by atomic mass is 19.1. The lowest BCUT2D eigenvalue weighted by atomic mass is 10.1. The van der Waals surface area contributed by atoms with Crippen molar-refractivity contribution >= 4 is 22.9 Å². The van der Waals surface area contributed by atoms with E-state index in [9.17, 15) is 4.39 Å². The average Bonchev–Trinajstić information content (AvgIpc) is 3.18. The summed E-state index contributed by atoms with van der Waals surface area (Å²) >= 11 is 0. The number of aryl methyl sites for hydroxylation is 1. The van der Waals surface area contributed by atoms with Crippen LogP contribution in [0, 0.1) is 5.82 Å². The molecule has 1 fully saturated rings. The van der Waals surface area contributed by atoms with Gasteiger partial charge in [-0.05, 0) is 57.5 Å². The van der Waals surface area contributed by atoms with Crippen molar-refractivity contribution in [2.45, 2.75) is 25.7 Å². The molecule has 1 aliphatic heterocycles. The number of carboxylic acids is 2. The van der Waals surface area contributed by atoms with Crippen LogP contribution in [0.5, 0.6) is 0 Å². The lowest BCUT2D eigenvalue weighted by Gasteiger charge is -2.13. The number of benzene rings is 1. The van der Waals surface area contributed by atoms with Gasteiger partial charge in [0.2, 0.25) is 0 Å². The zero-order chi connectivity index (χ0) is 17.5. The molecule has 7 nitrogen and oxygen atoms in total. The first kappa shape index (κ1) is 17.9. The third-order valence-corrected chi connectivity index (χ3v) is 3.78. The van der Waals surface area contributed by atoms with Gasteiger partial charge < -0.3 is 19.6 Å². The van der Waals surface area contributed by atoms with Crippen molar-refractivity contribution in [1.82, 2.24) is 10.1 Å². The number of rotatable bonds is 4. The predicted octanol–water partition coefficient (Wildman–Crippen LogP) is 2.15. The lowest BCUT2D eigenvalue weighted by molar-refractivity contribution is -0.159. The molecule has 2 aromatic rings. The van der Waals surface area contributed by atoms with E-state index in [1.54, 1.807) is 6.07 Å². The predicted molar refractivity (Wildman–Crippen MR) is 83.2 cm³/mol. The van der Waals surface area contributed by atoms with Crippen molar-refractivity contribution in [2.75, 3.05) is 19.6 Å². The van der Waals surface area contributed by atoms with E-state index >= 15 is 0 Å². The van der Waals surface area contributed by atoms with Crippen molar-refractivity contribution in [3.8, 4) is 0 Å². The normalized spacial score (nSPS) is 14.4. The molecule has 0 saturated carbocycles. The number of fused-ring (bicyclic) bond motifs is 1. The Morgan fingerprint density at radius 1 is 1.21 bits per heavy atom. The van der Waals surface area contributed by atoms with E-state index in [0.717, 1.165) is 30.5 Å². The van der Waals surface area contributed by atoms with E-state index in [1.165, 1.54) is 38.1 Å². The number of aliphatic carboxylic acids is 2. The number of halogens is 1. The van der Waals surface area contributed by atoms with Crippen molar-refractivity contribution in [3.05, 3.63) is 29.7 Å². The second kappa shape index (κ2) is 8.39. The zero-order valence-electron chi connectivity index (χ0n) is 13.1. The molecule has 0 bridgehead atoms. The fraction of sp³-hybridized carbons (Fsp3) is 0.438. The Labute approximate surface area is 137 Å². The maximum Gasteiger partial charge on any atom is 0.414 e. The lowest BCUT2D eigenvalue weighted by Crippen LogP contribution is -2.20.